The van der Waals surface area contributed by atoms with Crippen molar-refractivity contribution in [3.8, 4) is 5.82 Å². The van der Waals surface area contributed by atoms with Gasteiger partial charge in [0.05, 0.1) is 30.2 Å². The Morgan fingerprint density at radius 1 is 1.14 bits per heavy atom. The summed E-state index contributed by atoms with van der Waals surface area (Å²) in [6.07, 6.45) is 0.457. The van der Waals surface area contributed by atoms with Gasteiger partial charge in [-0.3, -0.25) is 18.8 Å². The Balaban J connectivity index is 1.63. The van der Waals surface area contributed by atoms with Crippen LogP contribution in [0, 0.1) is 12.7 Å². The molecule has 0 aromatic carbocycles. The van der Waals surface area contributed by atoms with Crippen molar-refractivity contribution in [1.29, 1.82) is 0 Å². The van der Waals surface area contributed by atoms with E-state index in [-0.39, 0.29) is 29.6 Å². The predicted octanol–water partition coefficient (Wildman–Crippen LogP) is 3.35. The van der Waals surface area contributed by atoms with Crippen LogP contribution in [0.5, 0.6) is 0 Å². The molecule has 37 heavy (non-hydrogen) atoms. The number of aryl methyl sites for hydroxylation is 1. The second kappa shape index (κ2) is 11.1. The van der Waals surface area contributed by atoms with Crippen LogP contribution in [-0.4, -0.2) is 49.8 Å². The molecule has 0 radical (unpaired) electrons. The minimum atomic E-state index is -4.63. The normalized spacial score (nSPS) is 12.0. The zero-order chi connectivity index (χ0) is 27.4. The number of nitrogens with one attached hydrogen (secondary N) is 2. The maximum Gasteiger partial charge on any atom is 0.435 e. The SMILES string of the molecule is COC(=O)CCCNC(C)(C)c1cn(-c2ncc(NC(=O)Cn3nc(C(F)(F)F)cc3C)cc2F)cn1. The largest absolute Gasteiger partial charge is 0.469 e. The smallest absolute Gasteiger partial charge is 0.435 e. The molecular weight excluding hydrogens is 498 g/mol. The van der Waals surface area contributed by atoms with Crippen LogP contribution in [0.3, 0.4) is 0 Å². The first-order valence-corrected chi connectivity index (χ1v) is 11.2. The topological polar surface area (TPSA) is 116 Å². The zero-order valence-corrected chi connectivity index (χ0v) is 20.7. The van der Waals surface area contributed by atoms with Crippen molar-refractivity contribution in [3.05, 3.63) is 53.8 Å². The summed E-state index contributed by atoms with van der Waals surface area (Å²) in [5.74, 6) is -1.80. The molecule has 0 aliphatic carbocycles. The molecule has 2 N–H and O–H groups in total. The highest BCUT2D eigenvalue weighted by Gasteiger charge is 2.34. The van der Waals surface area contributed by atoms with E-state index in [0.29, 0.717) is 18.7 Å². The second-order valence-electron chi connectivity index (χ2n) is 8.80. The number of esters is 1. The molecule has 0 saturated carbocycles. The van der Waals surface area contributed by atoms with E-state index < -0.39 is 35.7 Å². The number of imidazole rings is 1. The van der Waals surface area contributed by atoms with Crippen molar-refractivity contribution < 1.29 is 31.9 Å². The Bertz CT molecular complexity index is 1270. The average molecular weight is 526 g/mol. The molecule has 0 bridgehead atoms. The summed E-state index contributed by atoms with van der Waals surface area (Å²) in [6.45, 7) is 5.21. The van der Waals surface area contributed by atoms with Crippen molar-refractivity contribution in [1.82, 2.24) is 29.6 Å². The van der Waals surface area contributed by atoms with Gasteiger partial charge in [-0.2, -0.15) is 18.3 Å². The fraction of sp³-hybridized carbons (Fsp3) is 0.435. The maximum atomic E-state index is 14.8. The van der Waals surface area contributed by atoms with Crippen LogP contribution in [0.25, 0.3) is 5.82 Å². The number of methoxy groups -OCH3 is 1. The van der Waals surface area contributed by atoms with Gasteiger partial charge in [0.2, 0.25) is 5.91 Å². The number of hydrogen-bond donors (Lipinski definition) is 2. The number of carbonyl (C=O) groups is 2. The zero-order valence-electron chi connectivity index (χ0n) is 20.7. The number of ether oxygens (including phenoxy) is 1. The number of aromatic nitrogens is 5. The van der Waals surface area contributed by atoms with Crippen LogP contribution in [0.2, 0.25) is 0 Å². The van der Waals surface area contributed by atoms with E-state index in [1.165, 1.54) is 31.1 Å². The summed E-state index contributed by atoms with van der Waals surface area (Å²) in [7, 11) is 1.33. The molecular formula is C23H27F4N7O3. The fourth-order valence-electron chi connectivity index (χ4n) is 3.42. The van der Waals surface area contributed by atoms with E-state index in [0.717, 1.165) is 16.8 Å². The summed E-state index contributed by atoms with van der Waals surface area (Å²) in [5.41, 5.74) is -0.896. The van der Waals surface area contributed by atoms with Gasteiger partial charge >= 0.3 is 12.1 Å². The van der Waals surface area contributed by atoms with Crippen molar-refractivity contribution in [2.45, 2.75) is 51.9 Å². The van der Waals surface area contributed by atoms with Gasteiger partial charge in [-0.05, 0) is 39.8 Å². The number of nitrogens with zero attached hydrogens (tertiary/aromatic N) is 5. The summed E-state index contributed by atoms with van der Waals surface area (Å²) in [5, 5.41) is 9.08. The first kappa shape index (κ1) is 27.8. The minimum absolute atomic E-state index is 0.0278. The third-order valence-corrected chi connectivity index (χ3v) is 5.49. The summed E-state index contributed by atoms with van der Waals surface area (Å²) in [4.78, 5) is 31.9. The van der Waals surface area contributed by atoms with Crippen LogP contribution >= 0.6 is 0 Å². The van der Waals surface area contributed by atoms with Gasteiger partial charge < -0.3 is 15.4 Å². The highest BCUT2D eigenvalue weighted by molar-refractivity contribution is 5.90. The molecule has 200 valence electrons. The number of hydrogen-bond acceptors (Lipinski definition) is 7. The molecule has 0 aliphatic rings. The van der Waals surface area contributed by atoms with E-state index in [1.54, 1.807) is 6.20 Å². The summed E-state index contributed by atoms with van der Waals surface area (Å²) in [6, 6.07) is 1.88. The monoisotopic (exact) mass is 525 g/mol. The van der Waals surface area contributed by atoms with E-state index in [9.17, 15) is 27.2 Å². The molecule has 0 aliphatic heterocycles. The molecule has 0 saturated heterocycles. The number of alkyl halides is 3. The third kappa shape index (κ3) is 7.12. The lowest BCUT2D eigenvalue weighted by Gasteiger charge is -2.24. The Kier molecular flexibility index (Phi) is 8.31. The van der Waals surface area contributed by atoms with Crippen molar-refractivity contribution >= 4 is 17.6 Å². The van der Waals surface area contributed by atoms with Crippen LogP contribution < -0.4 is 10.6 Å². The van der Waals surface area contributed by atoms with Gasteiger partial charge in [0, 0.05) is 24.4 Å². The van der Waals surface area contributed by atoms with Crippen LogP contribution in [0.1, 0.15) is 43.8 Å². The van der Waals surface area contributed by atoms with Crippen LogP contribution in [-0.2, 0) is 32.6 Å². The van der Waals surface area contributed by atoms with Gasteiger partial charge in [0.1, 0.15) is 12.9 Å². The van der Waals surface area contributed by atoms with Crippen molar-refractivity contribution in [3.63, 3.8) is 0 Å². The predicted molar refractivity (Wildman–Crippen MR) is 124 cm³/mol. The van der Waals surface area contributed by atoms with E-state index in [2.05, 4.69) is 30.4 Å². The molecule has 0 atom stereocenters. The number of rotatable bonds is 10. The second-order valence-corrected chi connectivity index (χ2v) is 8.80. The first-order chi connectivity index (χ1) is 17.3. The third-order valence-electron chi connectivity index (χ3n) is 5.49. The van der Waals surface area contributed by atoms with E-state index in [4.69, 9.17) is 0 Å². The van der Waals surface area contributed by atoms with Crippen LogP contribution in [0.4, 0.5) is 23.2 Å². The van der Waals surface area contributed by atoms with Crippen LogP contribution in [0.15, 0.2) is 30.9 Å². The lowest BCUT2D eigenvalue weighted by molar-refractivity contribution is -0.142. The molecule has 0 fully saturated rings. The molecule has 10 nitrogen and oxygen atoms in total. The van der Waals surface area contributed by atoms with E-state index in [1.807, 2.05) is 13.8 Å². The quantitative estimate of drug-likeness (QED) is 0.237. The molecule has 3 rings (SSSR count). The maximum absolute atomic E-state index is 14.8. The Morgan fingerprint density at radius 2 is 1.86 bits per heavy atom. The number of carbonyl (C=O) groups excluding carboxylic acids is 2. The number of halogens is 4. The Labute approximate surface area is 210 Å². The molecule has 3 aromatic rings. The highest BCUT2D eigenvalue weighted by atomic mass is 19.4. The van der Waals surface area contributed by atoms with Gasteiger partial charge in [-0.25, -0.2) is 14.4 Å². The molecule has 0 unspecified atom stereocenters. The standard InChI is InChI=1S/C23H27F4N7O3/c1-14-8-17(23(25,26)27)32-34(14)12-19(35)31-15-9-16(24)21(28-10-15)33-11-18(29-13-33)22(2,3)30-7-5-6-20(36)37-4/h8-11,13,30H,5-7,12H2,1-4H3,(H,31,35). The van der Waals surface area contributed by atoms with Gasteiger partial charge in [-0.15, -0.1) is 0 Å². The van der Waals surface area contributed by atoms with Gasteiger partial charge in [-0.1, -0.05) is 0 Å². The Morgan fingerprint density at radius 3 is 2.49 bits per heavy atom. The summed E-state index contributed by atoms with van der Waals surface area (Å²) >= 11 is 0. The fourth-order valence-corrected chi connectivity index (χ4v) is 3.42. The highest BCUT2D eigenvalue weighted by Crippen LogP contribution is 2.28. The van der Waals surface area contributed by atoms with Crippen molar-refractivity contribution in [2.24, 2.45) is 0 Å². The molecule has 3 aromatic heterocycles. The molecule has 3 heterocycles. The van der Waals surface area contributed by atoms with E-state index >= 15 is 0 Å². The lowest BCUT2D eigenvalue weighted by atomic mass is 10.0. The lowest BCUT2D eigenvalue weighted by Crippen LogP contribution is -2.37. The average Bonchev–Trinajstić information content (AvgIpc) is 3.44. The van der Waals surface area contributed by atoms with Gasteiger partial charge in [0.25, 0.3) is 0 Å². The summed E-state index contributed by atoms with van der Waals surface area (Å²) < 4.78 is 60.2. The number of amides is 1. The number of pyridine rings is 1. The molecule has 0 spiro atoms. The Hall–Kier alpha value is -3.81. The molecule has 1 amide bonds. The van der Waals surface area contributed by atoms with Gasteiger partial charge in [0.15, 0.2) is 17.3 Å². The number of anilines is 1. The first-order valence-electron chi connectivity index (χ1n) is 11.2. The van der Waals surface area contributed by atoms with Crippen molar-refractivity contribution in [2.75, 3.05) is 19.0 Å². The molecule has 14 heteroatoms. The minimum Gasteiger partial charge on any atom is -0.469 e.